The van der Waals surface area contributed by atoms with Crippen molar-refractivity contribution in [2.24, 2.45) is 0 Å². The number of carbonyl (C=O) groups excluding carboxylic acids is 1. The summed E-state index contributed by atoms with van der Waals surface area (Å²) in [6.07, 6.45) is -2.05. The number of amides is 1. The van der Waals surface area contributed by atoms with Gasteiger partial charge in [0.1, 0.15) is 0 Å². The summed E-state index contributed by atoms with van der Waals surface area (Å²) < 4.78 is 38.8. The van der Waals surface area contributed by atoms with E-state index in [1.54, 1.807) is 13.0 Å². The predicted octanol–water partition coefficient (Wildman–Crippen LogP) is 3.02. The lowest BCUT2D eigenvalue weighted by Gasteiger charge is -2.19. The zero-order valence-electron chi connectivity index (χ0n) is 11.8. The Morgan fingerprint density at radius 2 is 2.00 bits per heavy atom. The highest BCUT2D eigenvalue weighted by Gasteiger charge is 2.34. The van der Waals surface area contributed by atoms with Crippen molar-refractivity contribution in [3.63, 3.8) is 0 Å². The Balaban J connectivity index is 1.88. The van der Waals surface area contributed by atoms with E-state index in [1.165, 1.54) is 12.1 Å². The number of carbonyl (C=O) groups is 1. The summed E-state index contributed by atoms with van der Waals surface area (Å²) in [5.41, 5.74) is -0.431. The second kappa shape index (κ2) is 6.47. The van der Waals surface area contributed by atoms with Crippen LogP contribution >= 0.6 is 0 Å². The predicted molar refractivity (Wildman–Crippen MR) is 73.6 cm³/mol. The lowest BCUT2D eigenvalue weighted by atomic mass is 10.0. The Morgan fingerprint density at radius 1 is 1.33 bits per heavy atom. The first-order valence-corrected chi connectivity index (χ1v) is 7.07. The van der Waals surface area contributed by atoms with E-state index in [-0.39, 0.29) is 17.9 Å². The molecule has 1 aliphatic carbocycles. The molecule has 1 aromatic rings. The van der Waals surface area contributed by atoms with E-state index in [4.69, 9.17) is 0 Å². The molecule has 1 fully saturated rings. The van der Waals surface area contributed by atoms with Crippen LogP contribution in [0.15, 0.2) is 24.3 Å². The Hall–Kier alpha value is -1.56. The zero-order chi connectivity index (χ0) is 15.5. The van der Waals surface area contributed by atoms with Gasteiger partial charge in [0.2, 0.25) is 5.91 Å². The fourth-order valence-corrected chi connectivity index (χ4v) is 2.17. The molecule has 0 spiro atoms. The van der Waals surface area contributed by atoms with E-state index in [2.05, 4.69) is 10.6 Å². The van der Waals surface area contributed by atoms with Crippen molar-refractivity contribution in [1.82, 2.24) is 10.6 Å². The number of benzene rings is 1. The van der Waals surface area contributed by atoms with E-state index in [0.717, 1.165) is 18.9 Å². The van der Waals surface area contributed by atoms with Gasteiger partial charge >= 0.3 is 6.18 Å². The van der Waals surface area contributed by atoms with Gasteiger partial charge in [0.25, 0.3) is 0 Å². The Morgan fingerprint density at radius 3 is 2.62 bits per heavy atom. The van der Waals surface area contributed by atoms with Crippen LogP contribution in [0.4, 0.5) is 13.2 Å². The Bertz CT molecular complexity index is 498. The smallest absolute Gasteiger partial charge is 0.353 e. The lowest BCUT2D eigenvalue weighted by molar-refractivity contribution is -0.138. The average Bonchev–Trinajstić information content (AvgIpc) is 3.21. The van der Waals surface area contributed by atoms with Gasteiger partial charge in [0, 0.05) is 25.0 Å². The van der Waals surface area contributed by atoms with Gasteiger partial charge in [0.05, 0.1) is 5.56 Å². The molecule has 1 aromatic carbocycles. The molecule has 1 atom stereocenters. The van der Waals surface area contributed by atoms with Crippen LogP contribution in [0.25, 0.3) is 0 Å². The van der Waals surface area contributed by atoms with E-state index in [0.29, 0.717) is 12.6 Å². The molecule has 0 saturated heterocycles. The van der Waals surface area contributed by atoms with Crippen LogP contribution in [-0.4, -0.2) is 18.5 Å². The van der Waals surface area contributed by atoms with E-state index >= 15 is 0 Å². The van der Waals surface area contributed by atoms with Crippen LogP contribution in [0.1, 0.15) is 43.4 Å². The van der Waals surface area contributed by atoms with Crippen molar-refractivity contribution in [3.05, 3.63) is 35.4 Å². The third-order valence-electron chi connectivity index (χ3n) is 3.48. The highest BCUT2D eigenvalue weighted by atomic mass is 19.4. The van der Waals surface area contributed by atoms with Gasteiger partial charge in [-0.25, -0.2) is 0 Å². The van der Waals surface area contributed by atoms with Gasteiger partial charge in [0.15, 0.2) is 0 Å². The molecule has 0 aromatic heterocycles. The average molecular weight is 300 g/mol. The van der Waals surface area contributed by atoms with Crippen LogP contribution in [0.3, 0.4) is 0 Å². The maximum atomic E-state index is 12.9. The number of alkyl halides is 3. The fourth-order valence-electron chi connectivity index (χ4n) is 2.17. The standard InChI is InChI=1S/C15H19F3N2O/c1-10(19-9-8-14(21)20-11-6-7-11)12-4-2-3-5-13(12)15(16,17)18/h2-5,10-11,19H,6-9H2,1H3,(H,20,21). The van der Waals surface area contributed by atoms with Crippen LogP contribution < -0.4 is 10.6 Å². The van der Waals surface area contributed by atoms with Crippen molar-refractivity contribution >= 4 is 5.91 Å². The van der Waals surface area contributed by atoms with Gasteiger partial charge in [-0.15, -0.1) is 0 Å². The molecule has 1 unspecified atom stereocenters. The SMILES string of the molecule is CC(NCCC(=O)NC1CC1)c1ccccc1C(F)(F)F. The second-order valence-electron chi connectivity index (χ2n) is 5.35. The molecule has 2 N–H and O–H groups in total. The second-order valence-corrected chi connectivity index (χ2v) is 5.35. The summed E-state index contributed by atoms with van der Waals surface area (Å²) in [6, 6.07) is 5.35. The van der Waals surface area contributed by atoms with Gasteiger partial charge in [-0.05, 0) is 31.4 Å². The molecule has 1 saturated carbocycles. The van der Waals surface area contributed by atoms with Gasteiger partial charge in [-0.3, -0.25) is 4.79 Å². The molecule has 1 amide bonds. The van der Waals surface area contributed by atoms with Crippen LogP contribution in [0, 0.1) is 0 Å². The molecule has 116 valence electrons. The minimum Gasteiger partial charge on any atom is -0.353 e. The molecule has 0 aliphatic heterocycles. The first-order valence-electron chi connectivity index (χ1n) is 7.07. The summed E-state index contributed by atoms with van der Waals surface area (Å²) in [4.78, 5) is 11.5. The van der Waals surface area contributed by atoms with Crippen molar-refractivity contribution in [3.8, 4) is 0 Å². The summed E-state index contributed by atoms with van der Waals surface area (Å²) >= 11 is 0. The van der Waals surface area contributed by atoms with Gasteiger partial charge in [-0.2, -0.15) is 13.2 Å². The molecule has 2 rings (SSSR count). The maximum Gasteiger partial charge on any atom is 0.416 e. The molecular formula is C15H19F3N2O. The van der Waals surface area contributed by atoms with Gasteiger partial charge < -0.3 is 10.6 Å². The fraction of sp³-hybridized carbons (Fsp3) is 0.533. The van der Waals surface area contributed by atoms with Crippen LogP contribution in [0.5, 0.6) is 0 Å². The van der Waals surface area contributed by atoms with Gasteiger partial charge in [-0.1, -0.05) is 18.2 Å². The molecule has 6 heteroatoms. The summed E-state index contributed by atoms with van der Waals surface area (Å²) in [5, 5.41) is 5.82. The monoisotopic (exact) mass is 300 g/mol. The van der Waals surface area contributed by atoms with Crippen LogP contribution in [-0.2, 0) is 11.0 Å². The minimum atomic E-state index is -4.37. The topological polar surface area (TPSA) is 41.1 Å². The molecule has 0 bridgehead atoms. The van der Waals surface area contributed by atoms with Crippen molar-refractivity contribution in [2.45, 2.75) is 44.4 Å². The van der Waals surface area contributed by atoms with E-state index < -0.39 is 17.8 Å². The lowest BCUT2D eigenvalue weighted by Crippen LogP contribution is -2.30. The van der Waals surface area contributed by atoms with E-state index in [9.17, 15) is 18.0 Å². The normalized spacial score (nSPS) is 16.6. The minimum absolute atomic E-state index is 0.0543. The molecule has 21 heavy (non-hydrogen) atoms. The third kappa shape index (κ3) is 4.74. The third-order valence-corrected chi connectivity index (χ3v) is 3.48. The quantitative estimate of drug-likeness (QED) is 0.848. The first-order chi connectivity index (χ1) is 9.88. The molecule has 0 heterocycles. The van der Waals surface area contributed by atoms with Crippen LogP contribution in [0.2, 0.25) is 0 Å². The summed E-state index contributed by atoms with van der Waals surface area (Å²) in [5.74, 6) is -0.0543. The zero-order valence-corrected chi connectivity index (χ0v) is 11.8. The van der Waals surface area contributed by atoms with Crippen molar-refractivity contribution in [1.29, 1.82) is 0 Å². The highest BCUT2D eigenvalue weighted by molar-refractivity contribution is 5.76. The number of nitrogens with one attached hydrogen (secondary N) is 2. The Labute approximate surface area is 121 Å². The maximum absolute atomic E-state index is 12.9. The molecule has 1 aliphatic rings. The van der Waals surface area contributed by atoms with Crippen molar-refractivity contribution < 1.29 is 18.0 Å². The van der Waals surface area contributed by atoms with Crippen molar-refractivity contribution in [2.75, 3.05) is 6.54 Å². The number of hydrogen-bond acceptors (Lipinski definition) is 2. The highest BCUT2D eigenvalue weighted by Crippen LogP contribution is 2.34. The Kier molecular flexibility index (Phi) is 4.88. The molecule has 0 radical (unpaired) electrons. The molecular weight excluding hydrogens is 281 g/mol. The number of rotatable bonds is 6. The largest absolute Gasteiger partial charge is 0.416 e. The number of hydrogen-bond donors (Lipinski definition) is 2. The number of halogens is 3. The first kappa shape index (κ1) is 15.8. The summed E-state index contributed by atoms with van der Waals surface area (Å²) in [6.45, 7) is 2.02. The van der Waals surface area contributed by atoms with E-state index in [1.807, 2.05) is 0 Å². The molecule has 3 nitrogen and oxygen atoms in total. The summed E-state index contributed by atoms with van der Waals surface area (Å²) in [7, 11) is 0.